The summed E-state index contributed by atoms with van der Waals surface area (Å²) in [5, 5.41) is 2.92. The molecule has 0 atom stereocenters. The highest BCUT2D eigenvalue weighted by Gasteiger charge is 1.97. The van der Waals surface area contributed by atoms with Crippen LogP contribution < -0.4 is 11.1 Å². The second kappa shape index (κ2) is 4.28. The molecule has 0 spiro atoms. The molecular weight excluding hydrogens is 232 g/mol. The van der Waals surface area contributed by atoms with Gasteiger partial charge in [-0.1, -0.05) is 15.9 Å². The summed E-state index contributed by atoms with van der Waals surface area (Å²) in [5.41, 5.74) is 7.02. The Labute approximate surface area is 85.4 Å². The van der Waals surface area contributed by atoms with Crippen LogP contribution in [0.25, 0.3) is 0 Å². The van der Waals surface area contributed by atoms with E-state index in [0.717, 1.165) is 15.7 Å². The highest BCUT2D eigenvalue weighted by atomic mass is 79.9. The topological polar surface area (TPSA) is 55.1 Å². The van der Waals surface area contributed by atoms with Crippen molar-refractivity contribution >= 4 is 27.5 Å². The molecule has 0 aliphatic heterocycles. The summed E-state index contributed by atoms with van der Waals surface area (Å²) in [7, 11) is 0. The van der Waals surface area contributed by atoms with E-state index in [9.17, 15) is 4.79 Å². The van der Waals surface area contributed by atoms with Crippen molar-refractivity contribution in [2.75, 3.05) is 11.9 Å². The Morgan fingerprint density at radius 2 is 2.23 bits per heavy atom. The normalized spacial score (nSPS) is 9.69. The number of nitrogens with two attached hydrogens (primary N) is 1. The number of carbonyl (C=O) groups excluding carboxylic acids is 1. The van der Waals surface area contributed by atoms with Crippen molar-refractivity contribution in [3.05, 3.63) is 28.2 Å². The molecule has 0 aromatic heterocycles. The Balaban J connectivity index is 2.71. The van der Waals surface area contributed by atoms with Gasteiger partial charge in [0.05, 0.1) is 6.54 Å². The minimum atomic E-state index is -0.363. The highest BCUT2D eigenvalue weighted by Crippen LogP contribution is 2.18. The molecule has 0 saturated carbocycles. The predicted octanol–water partition coefficient (Wildman–Crippen LogP) is 1.65. The van der Waals surface area contributed by atoms with Crippen molar-refractivity contribution in [2.45, 2.75) is 6.92 Å². The molecule has 0 fully saturated rings. The molecule has 13 heavy (non-hydrogen) atoms. The lowest BCUT2D eigenvalue weighted by molar-refractivity contribution is -0.116. The zero-order chi connectivity index (χ0) is 9.84. The van der Waals surface area contributed by atoms with Gasteiger partial charge in [-0.3, -0.25) is 4.79 Å². The summed E-state index contributed by atoms with van der Waals surface area (Å²) in [4.78, 5) is 10.5. The van der Waals surface area contributed by atoms with Gasteiger partial charge < -0.3 is 11.1 Å². The summed E-state index contributed by atoms with van der Waals surface area (Å²) >= 11 is 3.36. The summed E-state index contributed by atoms with van der Waals surface area (Å²) < 4.78 is 0.986. The van der Waals surface area contributed by atoms with Crippen LogP contribution in [0.5, 0.6) is 0 Å². The molecule has 1 aromatic rings. The lowest BCUT2D eigenvalue weighted by atomic mass is 10.2. The molecule has 0 aliphatic carbocycles. The van der Waals surface area contributed by atoms with Crippen LogP contribution in [0, 0.1) is 6.92 Å². The molecule has 1 aromatic carbocycles. The van der Waals surface area contributed by atoms with Crippen molar-refractivity contribution in [3.8, 4) is 0 Å². The maximum absolute atomic E-state index is 10.5. The quantitative estimate of drug-likeness (QED) is 0.848. The van der Waals surface area contributed by atoms with E-state index in [2.05, 4.69) is 21.2 Å². The van der Waals surface area contributed by atoms with Crippen LogP contribution in [-0.4, -0.2) is 12.5 Å². The standard InChI is InChI=1S/C9H11BrN2O/c1-6-2-7(10)4-8(3-6)12-5-9(11)13/h2-4,12H,5H2,1H3,(H2,11,13). The number of primary amides is 1. The number of anilines is 1. The van der Waals surface area contributed by atoms with E-state index in [-0.39, 0.29) is 12.5 Å². The van der Waals surface area contributed by atoms with E-state index in [1.54, 1.807) is 0 Å². The third-order valence-electron chi connectivity index (χ3n) is 1.51. The molecule has 3 N–H and O–H groups in total. The Morgan fingerprint density at radius 3 is 2.77 bits per heavy atom. The highest BCUT2D eigenvalue weighted by molar-refractivity contribution is 9.10. The fourth-order valence-electron chi connectivity index (χ4n) is 1.03. The first-order chi connectivity index (χ1) is 6.08. The van der Waals surface area contributed by atoms with Gasteiger partial charge in [0.15, 0.2) is 0 Å². The van der Waals surface area contributed by atoms with Gasteiger partial charge in [-0.2, -0.15) is 0 Å². The van der Waals surface area contributed by atoms with Crippen molar-refractivity contribution in [2.24, 2.45) is 5.73 Å². The molecule has 0 saturated heterocycles. The molecular formula is C9H11BrN2O. The van der Waals surface area contributed by atoms with Gasteiger partial charge in [-0.15, -0.1) is 0 Å². The van der Waals surface area contributed by atoms with Crippen LogP contribution in [0.4, 0.5) is 5.69 Å². The summed E-state index contributed by atoms with van der Waals surface area (Å²) in [6.07, 6.45) is 0. The Bertz CT molecular complexity index is 305. The zero-order valence-corrected chi connectivity index (χ0v) is 8.89. The zero-order valence-electron chi connectivity index (χ0n) is 7.30. The van der Waals surface area contributed by atoms with E-state index in [1.807, 2.05) is 25.1 Å². The Morgan fingerprint density at radius 1 is 1.54 bits per heavy atom. The minimum absolute atomic E-state index is 0.163. The molecule has 1 rings (SSSR count). The lowest BCUT2D eigenvalue weighted by Crippen LogP contribution is -2.21. The molecule has 3 nitrogen and oxygen atoms in total. The maximum atomic E-state index is 10.5. The smallest absolute Gasteiger partial charge is 0.236 e. The molecule has 70 valence electrons. The maximum Gasteiger partial charge on any atom is 0.236 e. The SMILES string of the molecule is Cc1cc(Br)cc(NCC(N)=O)c1. The van der Waals surface area contributed by atoms with E-state index in [0.29, 0.717) is 0 Å². The van der Waals surface area contributed by atoms with Gasteiger partial charge >= 0.3 is 0 Å². The van der Waals surface area contributed by atoms with Crippen LogP contribution in [-0.2, 0) is 4.79 Å². The van der Waals surface area contributed by atoms with Gasteiger partial charge in [0.2, 0.25) is 5.91 Å². The van der Waals surface area contributed by atoms with Crippen LogP contribution in [0.3, 0.4) is 0 Å². The van der Waals surface area contributed by atoms with Gasteiger partial charge in [0.1, 0.15) is 0 Å². The number of hydrogen-bond donors (Lipinski definition) is 2. The van der Waals surface area contributed by atoms with Gasteiger partial charge in [0.25, 0.3) is 0 Å². The number of halogens is 1. The van der Waals surface area contributed by atoms with Crippen molar-refractivity contribution < 1.29 is 4.79 Å². The van der Waals surface area contributed by atoms with Gasteiger partial charge in [-0.05, 0) is 30.7 Å². The second-order valence-electron chi connectivity index (χ2n) is 2.84. The van der Waals surface area contributed by atoms with Crippen molar-refractivity contribution in [1.29, 1.82) is 0 Å². The van der Waals surface area contributed by atoms with Crippen LogP contribution in [0.2, 0.25) is 0 Å². The number of aryl methyl sites for hydroxylation is 1. The van der Waals surface area contributed by atoms with Crippen molar-refractivity contribution in [3.63, 3.8) is 0 Å². The van der Waals surface area contributed by atoms with E-state index < -0.39 is 0 Å². The fourth-order valence-corrected chi connectivity index (χ4v) is 1.64. The number of carbonyl (C=O) groups is 1. The largest absolute Gasteiger partial charge is 0.376 e. The summed E-state index contributed by atoms with van der Waals surface area (Å²) in [6.45, 7) is 2.15. The molecule has 0 aliphatic rings. The number of amides is 1. The van der Waals surface area contributed by atoms with Crippen molar-refractivity contribution in [1.82, 2.24) is 0 Å². The molecule has 0 bridgehead atoms. The third-order valence-corrected chi connectivity index (χ3v) is 1.97. The monoisotopic (exact) mass is 242 g/mol. The average molecular weight is 243 g/mol. The third kappa shape index (κ3) is 3.46. The predicted molar refractivity (Wildman–Crippen MR) is 56.6 cm³/mol. The minimum Gasteiger partial charge on any atom is -0.376 e. The molecule has 0 radical (unpaired) electrons. The van der Waals surface area contributed by atoms with E-state index in [1.165, 1.54) is 0 Å². The Hall–Kier alpha value is -1.03. The van der Waals surface area contributed by atoms with Gasteiger partial charge in [-0.25, -0.2) is 0 Å². The summed E-state index contributed by atoms with van der Waals surface area (Å²) in [6, 6.07) is 5.85. The molecule has 0 heterocycles. The first-order valence-electron chi connectivity index (χ1n) is 3.87. The number of nitrogens with one attached hydrogen (secondary N) is 1. The molecule has 0 unspecified atom stereocenters. The number of hydrogen-bond acceptors (Lipinski definition) is 2. The van der Waals surface area contributed by atoms with Gasteiger partial charge in [0, 0.05) is 10.2 Å². The van der Waals surface area contributed by atoms with Crippen LogP contribution in [0.15, 0.2) is 22.7 Å². The van der Waals surface area contributed by atoms with Crippen LogP contribution in [0.1, 0.15) is 5.56 Å². The Kier molecular flexibility index (Phi) is 3.31. The fraction of sp³-hybridized carbons (Fsp3) is 0.222. The average Bonchev–Trinajstić information content (AvgIpc) is 1.99. The first-order valence-corrected chi connectivity index (χ1v) is 4.66. The summed E-state index contributed by atoms with van der Waals surface area (Å²) in [5.74, 6) is -0.363. The van der Waals surface area contributed by atoms with Crippen LogP contribution >= 0.6 is 15.9 Å². The molecule has 4 heteroatoms. The number of rotatable bonds is 3. The number of benzene rings is 1. The first kappa shape index (κ1) is 10.1. The lowest BCUT2D eigenvalue weighted by Gasteiger charge is -2.05. The second-order valence-corrected chi connectivity index (χ2v) is 3.75. The van der Waals surface area contributed by atoms with E-state index >= 15 is 0 Å². The van der Waals surface area contributed by atoms with E-state index in [4.69, 9.17) is 5.73 Å². The molecule has 1 amide bonds.